The number of likely N-dealkylation sites (tertiary alicyclic amines) is 1. The maximum Gasteiger partial charge on any atom is 0.339 e. The second-order valence-corrected chi connectivity index (χ2v) is 12.8. The number of thioether (sulfide) groups is 1. The number of hydrogen-bond donors (Lipinski definition) is 1. The minimum atomic E-state index is -3.74. The number of amides is 2. The molecule has 0 atom stereocenters. The normalized spacial score (nSPS) is 16.5. The van der Waals surface area contributed by atoms with Crippen LogP contribution in [0.2, 0.25) is 5.02 Å². The molecular weight excluding hydrogens is 562 g/mol. The SMILES string of the molecule is O=C(COC(=O)c1ccccc1SCC(=O)N1CCCC1)Nc1cc(S(=O)(=O)N2CCCCCC2)ccc1Cl. The predicted octanol–water partition coefficient (Wildman–Crippen LogP) is 4.41. The van der Waals surface area contributed by atoms with Crippen LogP contribution in [0.1, 0.15) is 48.9 Å². The molecule has 2 aromatic carbocycles. The molecule has 0 saturated carbocycles. The molecule has 9 nitrogen and oxygen atoms in total. The zero-order chi connectivity index (χ0) is 27.8. The number of carbonyl (C=O) groups excluding carboxylic acids is 3. The first-order valence-electron chi connectivity index (χ1n) is 13.0. The average molecular weight is 594 g/mol. The number of anilines is 1. The van der Waals surface area contributed by atoms with E-state index in [9.17, 15) is 22.8 Å². The zero-order valence-corrected chi connectivity index (χ0v) is 24.0. The maximum atomic E-state index is 13.1. The Hall–Kier alpha value is -2.60. The van der Waals surface area contributed by atoms with Crippen molar-refractivity contribution in [1.82, 2.24) is 9.21 Å². The van der Waals surface area contributed by atoms with Crippen molar-refractivity contribution in [1.29, 1.82) is 0 Å². The lowest BCUT2D eigenvalue weighted by molar-refractivity contribution is -0.127. The molecule has 2 heterocycles. The van der Waals surface area contributed by atoms with Crippen molar-refractivity contribution in [3.8, 4) is 0 Å². The molecule has 2 amide bonds. The molecule has 2 fully saturated rings. The van der Waals surface area contributed by atoms with E-state index in [1.165, 1.54) is 34.3 Å². The Morgan fingerprint density at radius 3 is 2.31 bits per heavy atom. The van der Waals surface area contributed by atoms with Crippen LogP contribution in [0.4, 0.5) is 5.69 Å². The van der Waals surface area contributed by atoms with Crippen molar-refractivity contribution in [3.05, 3.63) is 53.1 Å². The van der Waals surface area contributed by atoms with Gasteiger partial charge in [0.1, 0.15) is 0 Å². The summed E-state index contributed by atoms with van der Waals surface area (Å²) < 4.78 is 33.0. The topological polar surface area (TPSA) is 113 Å². The number of sulfonamides is 1. The molecule has 2 saturated heterocycles. The van der Waals surface area contributed by atoms with Crippen LogP contribution in [0.3, 0.4) is 0 Å². The lowest BCUT2D eigenvalue weighted by Crippen LogP contribution is -2.32. The predicted molar refractivity (Wildman–Crippen MR) is 151 cm³/mol. The lowest BCUT2D eigenvalue weighted by atomic mass is 10.2. The number of halogens is 1. The van der Waals surface area contributed by atoms with E-state index < -0.39 is 28.5 Å². The number of nitrogens with one attached hydrogen (secondary N) is 1. The van der Waals surface area contributed by atoms with E-state index in [1.807, 2.05) is 4.90 Å². The van der Waals surface area contributed by atoms with Crippen LogP contribution in [-0.4, -0.2) is 73.9 Å². The third-order valence-electron chi connectivity index (χ3n) is 6.67. The first-order valence-corrected chi connectivity index (χ1v) is 15.8. The Morgan fingerprint density at radius 1 is 0.923 bits per heavy atom. The van der Waals surface area contributed by atoms with E-state index in [1.54, 1.807) is 24.3 Å². The second kappa shape index (κ2) is 13.6. The Bertz CT molecular complexity index is 1310. The molecule has 0 aliphatic carbocycles. The quantitative estimate of drug-likeness (QED) is 0.338. The van der Waals surface area contributed by atoms with Gasteiger partial charge >= 0.3 is 5.97 Å². The van der Waals surface area contributed by atoms with E-state index in [0.717, 1.165) is 51.6 Å². The minimum Gasteiger partial charge on any atom is -0.452 e. The molecule has 0 unspecified atom stereocenters. The highest BCUT2D eigenvalue weighted by atomic mass is 35.5. The summed E-state index contributed by atoms with van der Waals surface area (Å²) >= 11 is 7.48. The van der Waals surface area contributed by atoms with Gasteiger partial charge in [-0.3, -0.25) is 9.59 Å². The summed E-state index contributed by atoms with van der Waals surface area (Å²) in [6.45, 7) is 1.83. The fourth-order valence-corrected chi connectivity index (χ4v) is 7.20. The van der Waals surface area contributed by atoms with Gasteiger partial charge < -0.3 is 15.0 Å². The number of rotatable bonds is 9. The number of hydrogen-bond acceptors (Lipinski definition) is 7. The Balaban J connectivity index is 1.35. The highest BCUT2D eigenvalue weighted by Crippen LogP contribution is 2.28. The largest absolute Gasteiger partial charge is 0.452 e. The standard InChI is InChI=1S/C27H32ClN3O6S2/c28-22-12-11-20(39(35,36)31-15-5-1-2-6-16-31)17-23(22)29-25(32)18-37-27(34)21-9-3-4-10-24(21)38-19-26(33)30-13-7-8-14-30/h3-4,9-12,17H,1-2,5-8,13-16,18-19H2,(H,29,32). The molecule has 0 radical (unpaired) electrons. The van der Waals surface area contributed by atoms with Crippen LogP contribution in [0, 0.1) is 0 Å². The van der Waals surface area contributed by atoms with Crippen LogP contribution in [0.5, 0.6) is 0 Å². The van der Waals surface area contributed by atoms with Gasteiger partial charge in [-0.15, -0.1) is 11.8 Å². The summed E-state index contributed by atoms with van der Waals surface area (Å²) in [7, 11) is -3.74. The second-order valence-electron chi connectivity index (χ2n) is 9.46. The maximum absolute atomic E-state index is 13.1. The number of nitrogens with zero attached hydrogens (tertiary/aromatic N) is 2. The van der Waals surface area contributed by atoms with E-state index in [2.05, 4.69) is 5.32 Å². The average Bonchev–Trinajstić information content (AvgIpc) is 3.33. The van der Waals surface area contributed by atoms with Crippen molar-refractivity contribution in [2.45, 2.75) is 48.3 Å². The molecule has 1 N–H and O–H groups in total. The van der Waals surface area contributed by atoms with Gasteiger partial charge in [0, 0.05) is 31.1 Å². The van der Waals surface area contributed by atoms with Crippen molar-refractivity contribution in [2.75, 3.05) is 43.9 Å². The number of benzene rings is 2. The monoisotopic (exact) mass is 593 g/mol. The van der Waals surface area contributed by atoms with Crippen molar-refractivity contribution in [2.24, 2.45) is 0 Å². The molecule has 2 aliphatic rings. The Morgan fingerprint density at radius 2 is 1.59 bits per heavy atom. The highest BCUT2D eigenvalue weighted by molar-refractivity contribution is 8.00. The first-order chi connectivity index (χ1) is 18.8. The van der Waals surface area contributed by atoms with Gasteiger partial charge in [0.05, 0.1) is 26.9 Å². The molecule has 4 rings (SSSR count). The highest BCUT2D eigenvalue weighted by Gasteiger charge is 2.26. The molecule has 2 aromatic rings. The molecule has 0 aromatic heterocycles. The molecular formula is C27H32ClN3O6S2. The van der Waals surface area contributed by atoms with Gasteiger partial charge in [-0.1, -0.05) is 36.6 Å². The van der Waals surface area contributed by atoms with Gasteiger partial charge in [0.2, 0.25) is 15.9 Å². The lowest BCUT2D eigenvalue weighted by Gasteiger charge is -2.20. The van der Waals surface area contributed by atoms with E-state index >= 15 is 0 Å². The fourth-order valence-electron chi connectivity index (χ4n) is 4.55. The van der Waals surface area contributed by atoms with Gasteiger partial charge in [0.25, 0.3) is 5.91 Å². The molecule has 0 bridgehead atoms. The van der Waals surface area contributed by atoms with Crippen molar-refractivity contribution in [3.63, 3.8) is 0 Å². The smallest absolute Gasteiger partial charge is 0.339 e. The van der Waals surface area contributed by atoms with Crippen molar-refractivity contribution >= 4 is 56.9 Å². The third kappa shape index (κ3) is 7.75. The molecule has 210 valence electrons. The van der Waals surface area contributed by atoms with Crippen LogP contribution < -0.4 is 5.32 Å². The number of ether oxygens (including phenoxy) is 1. The number of esters is 1. The summed E-state index contributed by atoms with van der Waals surface area (Å²) in [5.74, 6) is -1.13. The summed E-state index contributed by atoms with van der Waals surface area (Å²) in [6.07, 6.45) is 5.60. The molecule has 12 heteroatoms. The van der Waals surface area contributed by atoms with E-state index in [4.69, 9.17) is 16.3 Å². The number of carbonyl (C=O) groups is 3. The summed E-state index contributed by atoms with van der Waals surface area (Å²) in [5.41, 5.74) is 0.373. The van der Waals surface area contributed by atoms with Crippen LogP contribution in [0.25, 0.3) is 0 Å². The van der Waals surface area contributed by atoms with E-state index in [-0.39, 0.29) is 32.8 Å². The Kier molecular flexibility index (Phi) is 10.3. The zero-order valence-electron chi connectivity index (χ0n) is 21.6. The Labute approximate surface area is 238 Å². The third-order valence-corrected chi connectivity index (χ3v) is 9.95. The molecule has 39 heavy (non-hydrogen) atoms. The minimum absolute atomic E-state index is 0.0250. The van der Waals surface area contributed by atoms with Gasteiger partial charge in [-0.05, 0) is 56.0 Å². The van der Waals surface area contributed by atoms with Gasteiger partial charge in [0.15, 0.2) is 6.61 Å². The molecule has 0 spiro atoms. The van der Waals surface area contributed by atoms with Crippen molar-refractivity contribution < 1.29 is 27.5 Å². The van der Waals surface area contributed by atoms with Gasteiger partial charge in [-0.2, -0.15) is 4.31 Å². The van der Waals surface area contributed by atoms with Crippen LogP contribution in [0.15, 0.2) is 52.3 Å². The summed E-state index contributed by atoms with van der Waals surface area (Å²) in [6, 6.07) is 10.9. The van der Waals surface area contributed by atoms with E-state index in [0.29, 0.717) is 18.0 Å². The van der Waals surface area contributed by atoms with Crippen LogP contribution >= 0.6 is 23.4 Å². The first kappa shape index (κ1) is 29.4. The molecule has 2 aliphatic heterocycles. The van der Waals surface area contributed by atoms with Gasteiger partial charge in [-0.25, -0.2) is 13.2 Å². The van der Waals surface area contributed by atoms with Crippen LogP contribution in [-0.2, 0) is 24.3 Å². The summed E-state index contributed by atoms with van der Waals surface area (Å²) in [5, 5.41) is 2.71. The summed E-state index contributed by atoms with van der Waals surface area (Å²) in [4.78, 5) is 40.2. The fraction of sp³-hybridized carbons (Fsp3) is 0.444.